The smallest absolute Gasteiger partial charge is 0.375 e. The Kier molecular flexibility index (Phi) is 5.64. The molecule has 2 amide bonds. The molecule has 3 fully saturated rings. The van der Waals surface area contributed by atoms with Crippen LogP contribution in [0.1, 0.15) is 39.5 Å². The van der Waals surface area contributed by atoms with Gasteiger partial charge in [0.25, 0.3) is 0 Å². The number of alkyl halides is 3. The standard InChI is InChI=1S/C25H31F3N8O2/c1-15-4-7-35(24(9-15)5-6-24)22(37)31-18-11-30-32-20(18)17-8-19-16(10-29-17)21(33-36(19)14-25(26,27)28)34-12-23(2,13-34)38-3/h8,10-11,15H,4-7,9,12-14H2,1-3H3,(H,30,32)(H,31,37)/t15-/m1/s1. The normalized spacial score (nSPS) is 22.1. The molecule has 1 atom stereocenters. The highest BCUT2D eigenvalue weighted by Gasteiger charge is 2.52. The number of H-pyrrole nitrogens is 1. The second-order valence-electron chi connectivity index (χ2n) is 11.3. The summed E-state index contributed by atoms with van der Waals surface area (Å²) >= 11 is 0. The number of ether oxygens (including phenoxy) is 1. The zero-order chi connectivity index (χ0) is 26.9. The first-order valence-corrected chi connectivity index (χ1v) is 12.8. The van der Waals surface area contributed by atoms with Gasteiger partial charge in [0.1, 0.15) is 12.2 Å². The fourth-order valence-corrected chi connectivity index (χ4v) is 5.90. The number of hydrogen-bond acceptors (Lipinski definition) is 6. The molecule has 2 saturated heterocycles. The van der Waals surface area contributed by atoms with Crippen LogP contribution in [0, 0.1) is 5.92 Å². The predicted molar refractivity (Wildman–Crippen MR) is 135 cm³/mol. The summed E-state index contributed by atoms with van der Waals surface area (Å²) in [5.74, 6) is 1.03. The molecule has 204 valence electrons. The number of halogens is 3. The SMILES string of the molecule is COC1(C)CN(c2nn(CC(F)(F)F)c3cc(-c4[nH]ncc4NC(=O)N4CC[C@@H](C)CC45CC5)ncc23)C1. The van der Waals surface area contributed by atoms with E-state index in [1.54, 1.807) is 13.2 Å². The topological polar surface area (TPSA) is 104 Å². The van der Waals surface area contributed by atoms with Crippen molar-refractivity contribution in [1.82, 2.24) is 29.9 Å². The van der Waals surface area contributed by atoms with E-state index in [-0.39, 0.29) is 17.2 Å². The van der Waals surface area contributed by atoms with Crippen LogP contribution >= 0.6 is 0 Å². The lowest BCUT2D eigenvalue weighted by atomic mass is 9.91. The van der Waals surface area contributed by atoms with Crippen LogP contribution in [0.5, 0.6) is 0 Å². The van der Waals surface area contributed by atoms with E-state index < -0.39 is 12.7 Å². The number of urea groups is 1. The van der Waals surface area contributed by atoms with Gasteiger partial charge in [0.15, 0.2) is 5.82 Å². The summed E-state index contributed by atoms with van der Waals surface area (Å²) in [6.07, 6.45) is 2.55. The molecule has 6 rings (SSSR count). The van der Waals surface area contributed by atoms with Gasteiger partial charge in [0.05, 0.1) is 47.2 Å². The summed E-state index contributed by atoms with van der Waals surface area (Å²) in [5.41, 5.74) is 1.08. The van der Waals surface area contributed by atoms with Crippen molar-refractivity contribution in [1.29, 1.82) is 0 Å². The minimum atomic E-state index is -4.45. The lowest BCUT2D eigenvalue weighted by Gasteiger charge is -2.47. The number of nitrogens with zero attached hydrogens (tertiary/aromatic N) is 6. The van der Waals surface area contributed by atoms with Crippen molar-refractivity contribution < 1.29 is 22.7 Å². The Morgan fingerprint density at radius 3 is 2.74 bits per heavy atom. The first kappa shape index (κ1) is 25.0. The van der Waals surface area contributed by atoms with Crippen LogP contribution in [-0.4, -0.2) is 80.0 Å². The van der Waals surface area contributed by atoms with E-state index in [0.29, 0.717) is 59.3 Å². The van der Waals surface area contributed by atoms with Gasteiger partial charge < -0.3 is 19.9 Å². The van der Waals surface area contributed by atoms with Gasteiger partial charge in [-0.05, 0) is 44.6 Å². The molecule has 3 aliphatic rings. The van der Waals surface area contributed by atoms with E-state index in [1.165, 1.54) is 12.4 Å². The van der Waals surface area contributed by atoms with Gasteiger partial charge in [0, 0.05) is 25.4 Å². The number of nitrogens with one attached hydrogen (secondary N) is 2. The van der Waals surface area contributed by atoms with E-state index in [2.05, 4.69) is 32.5 Å². The maximum Gasteiger partial charge on any atom is 0.408 e. The summed E-state index contributed by atoms with van der Waals surface area (Å²) in [6.45, 7) is 4.65. The highest BCUT2D eigenvalue weighted by Crippen LogP contribution is 2.50. The fraction of sp³-hybridized carbons (Fsp3) is 0.600. The number of amides is 2. The van der Waals surface area contributed by atoms with Gasteiger partial charge >= 0.3 is 12.2 Å². The predicted octanol–water partition coefficient (Wildman–Crippen LogP) is 4.41. The number of piperidine rings is 1. The molecule has 38 heavy (non-hydrogen) atoms. The Hall–Kier alpha value is -3.35. The minimum absolute atomic E-state index is 0.0565. The first-order valence-electron chi connectivity index (χ1n) is 12.8. The Bertz CT molecular complexity index is 1370. The molecule has 5 heterocycles. The Labute approximate surface area is 217 Å². The molecule has 0 unspecified atom stereocenters. The molecule has 0 bridgehead atoms. The number of methoxy groups -OCH3 is 1. The van der Waals surface area contributed by atoms with Crippen molar-refractivity contribution in [3.8, 4) is 11.4 Å². The molecule has 1 saturated carbocycles. The summed E-state index contributed by atoms with van der Waals surface area (Å²) < 4.78 is 46.7. The highest BCUT2D eigenvalue weighted by molar-refractivity contribution is 5.96. The van der Waals surface area contributed by atoms with Gasteiger partial charge in [-0.2, -0.15) is 23.4 Å². The second-order valence-corrected chi connectivity index (χ2v) is 11.3. The molecule has 1 spiro atoms. The number of aromatic nitrogens is 5. The number of pyridine rings is 1. The molecule has 0 radical (unpaired) electrons. The van der Waals surface area contributed by atoms with Crippen molar-refractivity contribution in [2.75, 3.05) is 37.0 Å². The number of carbonyl (C=O) groups is 1. The quantitative estimate of drug-likeness (QED) is 0.505. The van der Waals surface area contributed by atoms with E-state index in [4.69, 9.17) is 4.74 Å². The number of fused-ring (bicyclic) bond motifs is 1. The van der Waals surface area contributed by atoms with Crippen molar-refractivity contribution in [3.63, 3.8) is 0 Å². The average Bonchev–Trinajstić information content (AvgIpc) is 3.28. The molecule has 1 aliphatic carbocycles. The van der Waals surface area contributed by atoms with Crippen LogP contribution in [0.4, 0.5) is 29.5 Å². The fourth-order valence-electron chi connectivity index (χ4n) is 5.90. The Morgan fingerprint density at radius 2 is 2.05 bits per heavy atom. The van der Waals surface area contributed by atoms with Crippen molar-refractivity contribution in [2.45, 2.75) is 63.4 Å². The van der Waals surface area contributed by atoms with E-state index in [0.717, 1.165) is 30.4 Å². The van der Waals surface area contributed by atoms with Crippen molar-refractivity contribution in [3.05, 3.63) is 18.5 Å². The zero-order valence-corrected chi connectivity index (χ0v) is 21.6. The summed E-state index contributed by atoms with van der Waals surface area (Å²) in [6, 6.07) is 1.36. The molecule has 3 aromatic rings. The third kappa shape index (κ3) is 4.36. The highest BCUT2D eigenvalue weighted by atomic mass is 19.4. The number of anilines is 2. The number of carbonyl (C=O) groups excluding carboxylic acids is 1. The third-order valence-corrected chi connectivity index (χ3v) is 8.14. The summed E-state index contributed by atoms with van der Waals surface area (Å²) in [7, 11) is 1.61. The largest absolute Gasteiger partial charge is 0.408 e. The van der Waals surface area contributed by atoms with Crippen molar-refractivity contribution >= 4 is 28.4 Å². The summed E-state index contributed by atoms with van der Waals surface area (Å²) in [5, 5.41) is 14.7. The summed E-state index contributed by atoms with van der Waals surface area (Å²) in [4.78, 5) is 21.6. The van der Waals surface area contributed by atoms with Crippen LogP contribution < -0.4 is 10.2 Å². The van der Waals surface area contributed by atoms with Crippen LogP contribution in [0.3, 0.4) is 0 Å². The molecule has 10 nitrogen and oxygen atoms in total. The molecular weight excluding hydrogens is 501 g/mol. The van der Waals surface area contributed by atoms with Crippen LogP contribution in [0.2, 0.25) is 0 Å². The molecule has 2 aliphatic heterocycles. The first-order chi connectivity index (χ1) is 18.0. The number of aromatic amines is 1. The molecule has 2 N–H and O–H groups in total. The van der Waals surface area contributed by atoms with Gasteiger partial charge in [-0.1, -0.05) is 6.92 Å². The molecule has 0 aromatic carbocycles. The Morgan fingerprint density at radius 1 is 1.29 bits per heavy atom. The lowest BCUT2D eigenvalue weighted by molar-refractivity contribution is -0.141. The van der Waals surface area contributed by atoms with Crippen LogP contribution in [0.15, 0.2) is 18.5 Å². The number of hydrogen-bond donors (Lipinski definition) is 2. The molecule has 13 heteroatoms. The number of likely N-dealkylation sites (tertiary alicyclic amines) is 1. The van der Waals surface area contributed by atoms with Gasteiger partial charge in [0.2, 0.25) is 0 Å². The van der Waals surface area contributed by atoms with E-state index in [1.807, 2.05) is 16.7 Å². The maximum atomic E-state index is 13.4. The monoisotopic (exact) mass is 532 g/mol. The maximum absolute atomic E-state index is 13.4. The molecule has 3 aromatic heterocycles. The molecular formula is C25H31F3N8O2. The zero-order valence-electron chi connectivity index (χ0n) is 21.6. The second kappa shape index (κ2) is 8.58. The average molecular weight is 533 g/mol. The van der Waals surface area contributed by atoms with Crippen LogP contribution in [0.25, 0.3) is 22.3 Å². The van der Waals surface area contributed by atoms with Gasteiger partial charge in [-0.15, -0.1) is 0 Å². The lowest BCUT2D eigenvalue weighted by Crippen LogP contribution is -2.61. The van der Waals surface area contributed by atoms with Gasteiger partial charge in [-0.3, -0.25) is 14.8 Å². The number of rotatable bonds is 5. The van der Waals surface area contributed by atoms with Crippen molar-refractivity contribution in [2.24, 2.45) is 5.92 Å². The van der Waals surface area contributed by atoms with Gasteiger partial charge in [-0.25, -0.2) is 4.79 Å². The van der Waals surface area contributed by atoms with E-state index >= 15 is 0 Å². The Balaban J connectivity index is 1.30. The minimum Gasteiger partial charge on any atom is -0.375 e. The van der Waals surface area contributed by atoms with Crippen LogP contribution in [-0.2, 0) is 11.3 Å². The third-order valence-electron chi connectivity index (χ3n) is 8.14. The van der Waals surface area contributed by atoms with E-state index in [9.17, 15) is 18.0 Å².